The van der Waals surface area contributed by atoms with E-state index >= 15 is 0 Å². The number of hydrogen-bond acceptors (Lipinski definition) is 6. The zero-order valence-electron chi connectivity index (χ0n) is 20.1. The third-order valence-electron chi connectivity index (χ3n) is 5.97. The number of hydrogen-bond donors (Lipinski definition) is 2. The van der Waals surface area contributed by atoms with Crippen molar-refractivity contribution in [3.63, 3.8) is 0 Å². The van der Waals surface area contributed by atoms with Crippen molar-refractivity contribution < 1.29 is 41.0 Å². The van der Waals surface area contributed by atoms with Crippen LogP contribution in [0.25, 0.3) is 0 Å². The lowest BCUT2D eigenvalue weighted by Gasteiger charge is -2.35. The summed E-state index contributed by atoms with van der Waals surface area (Å²) in [5.41, 5.74) is -2.88. The van der Waals surface area contributed by atoms with Crippen molar-refractivity contribution in [3.05, 3.63) is 87.5 Å². The van der Waals surface area contributed by atoms with Gasteiger partial charge in [0.05, 0.1) is 18.0 Å². The first kappa shape index (κ1) is 26.3. The van der Waals surface area contributed by atoms with Crippen LogP contribution in [0.5, 0.6) is 5.75 Å². The Labute approximate surface area is 209 Å². The molecule has 0 amide bonds. The van der Waals surface area contributed by atoms with Crippen molar-refractivity contribution >= 4 is 11.8 Å². The van der Waals surface area contributed by atoms with Crippen LogP contribution in [-0.4, -0.2) is 37.0 Å². The number of ketones is 1. The van der Waals surface area contributed by atoms with Crippen molar-refractivity contribution in [2.24, 2.45) is 0 Å². The Hall–Kier alpha value is -3.73. The topological polar surface area (TPSA) is 76.7 Å². The molecule has 2 aliphatic heterocycles. The van der Waals surface area contributed by atoms with Crippen LogP contribution in [0, 0.1) is 29.1 Å². The van der Waals surface area contributed by atoms with Crippen LogP contribution in [0.4, 0.5) is 22.0 Å². The smallest absolute Gasteiger partial charge is 0.336 e. The average molecular weight is 522 g/mol. The molecule has 2 aliphatic rings. The molecule has 0 aliphatic carbocycles. The predicted molar refractivity (Wildman–Crippen MR) is 122 cm³/mol. The van der Waals surface area contributed by atoms with Gasteiger partial charge in [-0.25, -0.2) is 26.7 Å². The molecule has 0 aromatic heterocycles. The maximum absolute atomic E-state index is 15.0. The number of para-hydroxylation sites is 1. The predicted octanol–water partition coefficient (Wildman–Crippen LogP) is 4.17. The number of dihydropyridines is 1. The van der Waals surface area contributed by atoms with Crippen LogP contribution < -0.4 is 15.4 Å². The molecule has 1 unspecified atom stereocenters. The minimum absolute atomic E-state index is 0.0379. The number of allylic oxidation sites excluding steroid dienone is 1. The van der Waals surface area contributed by atoms with Crippen LogP contribution in [0.15, 0.2) is 52.9 Å². The number of rotatable bonds is 6. The molecular formula is C26H23F5N2O4. The number of nitrogens with one attached hydrogen (secondary N) is 2. The van der Waals surface area contributed by atoms with Gasteiger partial charge >= 0.3 is 5.97 Å². The number of Topliss-reactive ketones (excluding diaryl/α,β-unsaturated/α-hetero) is 1. The summed E-state index contributed by atoms with van der Waals surface area (Å²) >= 11 is 0. The van der Waals surface area contributed by atoms with Crippen molar-refractivity contribution in [2.45, 2.75) is 32.3 Å². The molecule has 196 valence electrons. The molecule has 2 aromatic carbocycles. The number of carbonyl (C=O) groups is 2. The van der Waals surface area contributed by atoms with Gasteiger partial charge in [-0.3, -0.25) is 4.79 Å². The van der Waals surface area contributed by atoms with Gasteiger partial charge in [-0.1, -0.05) is 18.2 Å². The Morgan fingerprint density at radius 2 is 1.57 bits per heavy atom. The summed E-state index contributed by atoms with van der Waals surface area (Å²) in [6, 6.07) is 8.66. The summed E-state index contributed by atoms with van der Waals surface area (Å²) in [6.45, 7) is 4.10. The zero-order valence-corrected chi connectivity index (χ0v) is 20.1. The molecule has 6 nitrogen and oxygen atoms in total. The zero-order chi connectivity index (χ0) is 27.1. The molecule has 37 heavy (non-hydrogen) atoms. The van der Waals surface area contributed by atoms with Crippen LogP contribution in [-0.2, 0) is 14.3 Å². The van der Waals surface area contributed by atoms with Crippen molar-refractivity contribution in [3.8, 4) is 5.75 Å². The number of carbonyl (C=O) groups excluding carboxylic acids is 2. The molecule has 1 atom stereocenters. The third-order valence-corrected chi connectivity index (χ3v) is 5.97. The molecular weight excluding hydrogens is 499 g/mol. The van der Waals surface area contributed by atoms with Gasteiger partial charge in [-0.2, -0.15) is 0 Å². The number of ether oxygens (including phenoxy) is 2. The Balaban J connectivity index is 1.74. The largest absolute Gasteiger partial charge is 0.484 e. The van der Waals surface area contributed by atoms with Crippen LogP contribution in [0.2, 0.25) is 0 Å². The molecule has 0 radical (unpaired) electrons. The van der Waals surface area contributed by atoms with Gasteiger partial charge in [0.1, 0.15) is 18.0 Å². The summed E-state index contributed by atoms with van der Waals surface area (Å²) in [7, 11) is 0. The first-order valence-corrected chi connectivity index (χ1v) is 11.3. The maximum atomic E-state index is 15.0. The lowest BCUT2D eigenvalue weighted by atomic mass is 9.77. The molecule has 2 N–H and O–H groups in total. The van der Waals surface area contributed by atoms with E-state index in [0.29, 0.717) is 5.75 Å². The Bertz CT molecular complexity index is 1310. The average Bonchev–Trinajstić information content (AvgIpc) is 2.85. The third kappa shape index (κ3) is 4.95. The van der Waals surface area contributed by atoms with Crippen LogP contribution in [0.3, 0.4) is 0 Å². The van der Waals surface area contributed by atoms with E-state index < -0.39 is 63.5 Å². The second-order valence-electron chi connectivity index (χ2n) is 9.25. The minimum atomic E-state index is -2.34. The van der Waals surface area contributed by atoms with Gasteiger partial charge in [0.2, 0.25) is 5.82 Å². The highest BCUT2D eigenvalue weighted by Gasteiger charge is 2.44. The molecule has 2 heterocycles. The fourth-order valence-corrected chi connectivity index (χ4v) is 4.35. The fourth-order valence-electron chi connectivity index (χ4n) is 4.35. The first-order valence-electron chi connectivity index (χ1n) is 11.3. The van der Waals surface area contributed by atoms with E-state index in [0.717, 1.165) is 0 Å². The summed E-state index contributed by atoms with van der Waals surface area (Å²) in [6.07, 6.45) is 0. The van der Waals surface area contributed by atoms with E-state index in [9.17, 15) is 31.5 Å². The molecule has 2 aromatic rings. The Morgan fingerprint density at radius 3 is 2.19 bits per heavy atom. The Morgan fingerprint density at radius 1 is 0.973 bits per heavy atom. The van der Waals surface area contributed by atoms with E-state index in [1.165, 1.54) is 6.92 Å². The van der Waals surface area contributed by atoms with Crippen molar-refractivity contribution in [1.82, 2.24) is 10.6 Å². The highest BCUT2D eigenvalue weighted by Crippen LogP contribution is 2.43. The quantitative estimate of drug-likeness (QED) is 0.257. The summed E-state index contributed by atoms with van der Waals surface area (Å²) in [5.74, 6) is -14.1. The molecule has 4 rings (SSSR count). The minimum Gasteiger partial charge on any atom is -0.484 e. The SMILES string of the molecule is CC1=C(C(=O)OCC(C)(C)Oc2ccccc2)C(c2c(F)c(F)c(F)c(F)c2F)C2=C(CNCC2=O)N1. The lowest BCUT2D eigenvalue weighted by molar-refractivity contribution is -0.144. The second-order valence-corrected chi connectivity index (χ2v) is 9.25. The highest BCUT2D eigenvalue weighted by atomic mass is 19.2. The molecule has 11 heteroatoms. The molecule has 0 bridgehead atoms. The van der Waals surface area contributed by atoms with E-state index in [1.807, 2.05) is 0 Å². The van der Waals surface area contributed by atoms with Gasteiger partial charge in [0, 0.05) is 29.1 Å². The molecule has 0 saturated heterocycles. The van der Waals surface area contributed by atoms with Gasteiger partial charge in [-0.05, 0) is 32.9 Å². The number of benzene rings is 2. The first-order chi connectivity index (χ1) is 17.4. The van der Waals surface area contributed by atoms with Gasteiger partial charge < -0.3 is 20.1 Å². The maximum Gasteiger partial charge on any atom is 0.336 e. The highest BCUT2D eigenvalue weighted by molar-refractivity contribution is 6.04. The van der Waals surface area contributed by atoms with Gasteiger partial charge in [0.15, 0.2) is 29.1 Å². The lowest BCUT2D eigenvalue weighted by Crippen LogP contribution is -2.44. The second kappa shape index (κ2) is 9.97. The van der Waals surface area contributed by atoms with Crippen molar-refractivity contribution in [1.29, 1.82) is 0 Å². The van der Waals surface area contributed by atoms with Gasteiger partial charge in [0.25, 0.3) is 0 Å². The summed E-state index contributed by atoms with van der Waals surface area (Å²) < 4.78 is 83.3. The standard InChI is InChI=1S/C26H23F5N2O4/c1-12-16(25(35)36-11-26(2,3)37-13-7-5-4-6-8-13)18(17-14(33-12)9-32-10-15(17)34)19-20(27)22(29)24(31)23(30)21(19)28/h4-8,18,32-33H,9-11H2,1-3H3. The van der Waals surface area contributed by atoms with Crippen LogP contribution in [0.1, 0.15) is 32.3 Å². The molecule has 0 saturated carbocycles. The normalized spacial score (nSPS) is 17.9. The van der Waals surface area contributed by atoms with E-state index in [4.69, 9.17) is 9.47 Å². The fraction of sp³-hybridized carbons (Fsp3) is 0.308. The van der Waals surface area contributed by atoms with E-state index in [-0.39, 0.29) is 36.7 Å². The summed E-state index contributed by atoms with van der Waals surface area (Å²) in [4.78, 5) is 26.1. The van der Waals surface area contributed by atoms with Gasteiger partial charge in [-0.15, -0.1) is 0 Å². The Kier molecular flexibility index (Phi) is 7.09. The number of halogens is 5. The van der Waals surface area contributed by atoms with E-state index in [2.05, 4.69) is 10.6 Å². The monoisotopic (exact) mass is 522 g/mol. The number of esters is 1. The summed E-state index contributed by atoms with van der Waals surface area (Å²) in [5, 5.41) is 5.61. The molecule has 0 fully saturated rings. The van der Waals surface area contributed by atoms with Crippen LogP contribution >= 0.6 is 0 Å². The van der Waals surface area contributed by atoms with E-state index in [1.54, 1.807) is 44.2 Å². The van der Waals surface area contributed by atoms with Crippen molar-refractivity contribution in [2.75, 3.05) is 19.7 Å². The molecule has 0 spiro atoms.